The maximum Gasteiger partial charge on any atom is 0.122 e. The Labute approximate surface area is 120 Å². The van der Waals surface area contributed by atoms with Crippen LogP contribution in [0.5, 0.6) is 5.75 Å². The maximum absolute atomic E-state index is 9.46. The zero-order valence-electron chi connectivity index (χ0n) is 12.2. The van der Waals surface area contributed by atoms with Crippen LogP contribution in [0.2, 0.25) is 0 Å². The molecule has 0 radical (unpaired) electrons. The Hall–Kier alpha value is -2.34. The molecule has 3 nitrogen and oxygen atoms in total. The van der Waals surface area contributed by atoms with E-state index < -0.39 is 0 Å². The third kappa shape index (κ3) is 3.83. The highest BCUT2D eigenvalue weighted by atomic mass is 16.5. The van der Waals surface area contributed by atoms with Crippen molar-refractivity contribution in [2.75, 3.05) is 7.11 Å². The normalized spacial score (nSPS) is 14.6. The van der Waals surface area contributed by atoms with Crippen molar-refractivity contribution in [1.29, 1.82) is 5.26 Å². The number of aliphatic imine (C=N–C) groups is 1. The molecule has 0 aliphatic heterocycles. The smallest absolute Gasteiger partial charge is 0.122 e. The molecule has 104 valence electrons. The number of nitrogens with zero attached hydrogens (tertiary/aromatic N) is 2. The standard InChI is InChI=1S/C17H20N2O/c1-13(8-7-11-19-3)16(12-18)14(2)15-9-5-6-10-17(15)20-4/h5-11,14,16H,3H2,1-2,4H3. The van der Waals surface area contributed by atoms with E-state index in [2.05, 4.69) is 17.8 Å². The minimum atomic E-state index is -0.208. The monoisotopic (exact) mass is 268 g/mol. The maximum atomic E-state index is 9.46. The van der Waals surface area contributed by atoms with Gasteiger partial charge in [0, 0.05) is 12.1 Å². The van der Waals surface area contributed by atoms with Gasteiger partial charge in [0.1, 0.15) is 5.75 Å². The summed E-state index contributed by atoms with van der Waals surface area (Å²) in [4.78, 5) is 3.65. The van der Waals surface area contributed by atoms with Crippen LogP contribution in [0.3, 0.4) is 0 Å². The van der Waals surface area contributed by atoms with E-state index in [4.69, 9.17) is 4.74 Å². The van der Waals surface area contributed by atoms with Gasteiger partial charge in [0.25, 0.3) is 0 Å². The second kappa shape index (κ2) is 7.96. The van der Waals surface area contributed by atoms with Gasteiger partial charge in [0.15, 0.2) is 0 Å². The molecule has 0 N–H and O–H groups in total. The van der Waals surface area contributed by atoms with Crippen LogP contribution in [0.25, 0.3) is 0 Å². The van der Waals surface area contributed by atoms with Crippen LogP contribution in [0.4, 0.5) is 0 Å². The lowest BCUT2D eigenvalue weighted by Gasteiger charge is -2.20. The summed E-state index contributed by atoms with van der Waals surface area (Å²) in [6, 6.07) is 10.2. The van der Waals surface area contributed by atoms with Crippen LogP contribution in [-0.4, -0.2) is 13.8 Å². The number of allylic oxidation sites excluding steroid dienone is 3. The van der Waals surface area contributed by atoms with Gasteiger partial charge >= 0.3 is 0 Å². The molecule has 1 aromatic rings. The van der Waals surface area contributed by atoms with Crippen molar-refractivity contribution in [2.24, 2.45) is 10.9 Å². The van der Waals surface area contributed by atoms with E-state index in [-0.39, 0.29) is 11.8 Å². The number of hydrogen-bond donors (Lipinski definition) is 0. The summed E-state index contributed by atoms with van der Waals surface area (Å²) in [5.74, 6) is 0.662. The van der Waals surface area contributed by atoms with E-state index >= 15 is 0 Å². The first-order valence-corrected chi connectivity index (χ1v) is 6.47. The molecular formula is C17H20N2O. The summed E-state index contributed by atoms with van der Waals surface area (Å²) in [6.07, 6.45) is 5.29. The third-order valence-corrected chi connectivity index (χ3v) is 3.31. The molecule has 0 aliphatic carbocycles. The number of nitriles is 1. The summed E-state index contributed by atoms with van der Waals surface area (Å²) in [5.41, 5.74) is 2.03. The lowest BCUT2D eigenvalue weighted by molar-refractivity contribution is 0.403. The van der Waals surface area contributed by atoms with Crippen molar-refractivity contribution in [1.82, 2.24) is 0 Å². The van der Waals surface area contributed by atoms with Gasteiger partial charge in [-0.25, -0.2) is 0 Å². The minimum Gasteiger partial charge on any atom is -0.496 e. The minimum absolute atomic E-state index is 0.0532. The van der Waals surface area contributed by atoms with E-state index in [1.807, 2.05) is 44.2 Å². The Bertz CT molecular complexity index is 552. The van der Waals surface area contributed by atoms with Gasteiger partial charge in [-0.2, -0.15) is 5.26 Å². The average Bonchev–Trinajstić information content (AvgIpc) is 2.48. The van der Waals surface area contributed by atoms with Gasteiger partial charge in [-0.3, -0.25) is 4.99 Å². The number of rotatable bonds is 6. The van der Waals surface area contributed by atoms with Crippen LogP contribution in [0.1, 0.15) is 25.3 Å². The Morgan fingerprint density at radius 2 is 2.15 bits per heavy atom. The zero-order chi connectivity index (χ0) is 15.0. The van der Waals surface area contributed by atoms with Crippen molar-refractivity contribution in [2.45, 2.75) is 19.8 Å². The first-order valence-electron chi connectivity index (χ1n) is 6.47. The third-order valence-electron chi connectivity index (χ3n) is 3.31. The molecule has 0 saturated heterocycles. The van der Waals surface area contributed by atoms with Gasteiger partial charge in [-0.1, -0.05) is 36.8 Å². The van der Waals surface area contributed by atoms with E-state index in [1.165, 1.54) is 0 Å². The van der Waals surface area contributed by atoms with Gasteiger partial charge in [-0.15, -0.1) is 0 Å². The molecule has 2 unspecified atom stereocenters. The topological polar surface area (TPSA) is 45.4 Å². The summed E-state index contributed by atoms with van der Waals surface area (Å²) < 4.78 is 5.37. The molecule has 0 heterocycles. The molecular weight excluding hydrogens is 248 g/mol. The molecule has 3 heteroatoms. The molecule has 0 fully saturated rings. The van der Waals surface area contributed by atoms with Crippen molar-refractivity contribution >= 4 is 6.72 Å². The Kier molecular flexibility index (Phi) is 6.25. The Balaban J connectivity index is 3.06. The number of ether oxygens (including phenoxy) is 1. The first-order chi connectivity index (χ1) is 9.65. The summed E-state index contributed by atoms with van der Waals surface area (Å²) in [7, 11) is 1.65. The van der Waals surface area contributed by atoms with E-state index in [0.717, 1.165) is 16.9 Å². The highest BCUT2D eigenvalue weighted by Gasteiger charge is 2.22. The van der Waals surface area contributed by atoms with Crippen molar-refractivity contribution in [3.05, 3.63) is 53.8 Å². The van der Waals surface area contributed by atoms with E-state index in [1.54, 1.807) is 19.4 Å². The Morgan fingerprint density at radius 1 is 1.45 bits per heavy atom. The van der Waals surface area contributed by atoms with Crippen molar-refractivity contribution in [3.63, 3.8) is 0 Å². The van der Waals surface area contributed by atoms with Crippen LogP contribution in [-0.2, 0) is 0 Å². The van der Waals surface area contributed by atoms with E-state index in [9.17, 15) is 5.26 Å². The molecule has 0 aliphatic rings. The van der Waals surface area contributed by atoms with Gasteiger partial charge < -0.3 is 4.74 Å². The van der Waals surface area contributed by atoms with Crippen LogP contribution >= 0.6 is 0 Å². The lowest BCUT2D eigenvalue weighted by Crippen LogP contribution is -2.10. The SMILES string of the molecule is C=NC=CC=C(C)C(C#N)C(C)c1ccccc1OC. The van der Waals surface area contributed by atoms with Crippen LogP contribution < -0.4 is 4.74 Å². The predicted molar refractivity (Wildman–Crippen MR) is 83.0 cm³/mol. The number of para-hydroxylation sites is 1. The second-order valence-electron chi connectivity index (χ2n) is 4.57. The summed E-state index contributed by atoms with van der Waals surface area (Å²) in [5, 5.41) is 9.46. The van der Waals surface area contributed by atoms with Gasteiger partial charge in [0.2, 0.25) is 0 Å². The number of hydrogen-bond acceptors (Lipinski definition) is 3. The predicted octanol–water partition coefficient (Wildman–Crippen LogP) is 4.10. The fourth-order valence-corrected chi connectivity index (χ4v) is 2.19. The molecule has 1 aromatic carbocycles. The second-order valence-corrected chi connectivity index (χ2v) is 4.57. The molecule has 20 heavy (non-hydrogen) atoms. The molecule has 0 saturated carbocycles. The highest BCUT2D eigenvalue weighted by molar-refractivity contribution is 5.39. The highest BCUT2D eigenvalue weighted by Crippen LogP contribution is 2.34. The van der Waals surface area contributed by atoms with Crippen molar-refractivity contribution in [3.8, 4) is 11.8 Å². The fourth-order valence-electron chi connectivity index (χ4n) is 2.19. The molecule has 1 rings (SSSR count). The summed E-state index contributed by atoms with van der Waals surface area (Å²) in [6.45, 7) is 7.37. The van der Waals surface area contributed by atoms with E-state index in [0.29, 0.717) is 0 Å². The van der Waals surface area contributed by atoms with Crippen LogP contribution in [0.15, 0.2) is 53.2 Å². The Morgan fingerprint density at radius 3 is 2.75 bits per heavy atom. The lowest BCUT2D eigenvalue weighted by atomic mass is 9.83. The van der Waals surface area contributed by atoms with Gasteiger partial charge in [0.05, 0.1) is 19.1 Å². The summed E-state index contributed by atoms with van der Waals surface area (Å²) >= 11 is 0. The average molecular weight is 268 g/mol. The van der Waals surface area contributed by atoms with Gasteiger partial charge in [-0.05, 0) is 31.3 Å². The first kappa shape index (κ1) is 15.7. The fraction of sp³-hybridized carbons (Fsp3) is 0.294. The molecule has 0 bridgehead atoms. The molecule has 2 atom stereocenters. The number of methoxy groups -OCH3 is 1. The number of benzene rings is 1. The zero-order valence-corrected chi connectivity index (χ0v) is 12.2. The molecule has 0 spiro atoms. The van der Waals surface area contributed by atoms with Crippen LogP contribution in [0, 0.1) is 17.2 Å². The largest absolute Gasteiger partial charge is 0.496 e. The molecule has 0 aromatic heterocycles. The van der Waals surface area contributed by atoms with Crippen molar-refractivity contribution < 1.29 is 4.74 Å². The quantitative estimate of drug-likeness (QED) is 0.576. The molecule has 0 amide bonds.